The zero-order valence-electron chi connectivity index (χ0n) is 14.5. The lowest BCUT2D eigenvalue weighted by molar-refractivity contribution is -0.123. The molecule has 1 aromatic rings. The van der Waals surface area contributed by atoms with Crippen molar-refractivity contribution >= 4 is 18.3 Å². The van der Waals surface area contributed by atoms with Crippen molar-refractivity contribution in [3.63, 3.8) is 0 Å². The van der Waals surface area contributed by atoms with Crippen LogP contribution >= 0.6 is 12.4 Å². The van der Waals surface area contributed by atoms with Gasteiger partial charge >= 0.3 is 0 Å². The summed E-state index contributed by atoms with van der Waals surface area (Å²) >= 11 is 0. The number of benzene rings is 1. The molecule has 0 heterocycles. The van der Waals surface area contributed by atoms with Crippen LogP contribution in [0, 0.1) is 5.92 Å². The normalized spacial score (nSPS) is 13.3. The molecule has 4 nitrogen and oxygen atoms in total. The van der Waals surface area contributed by atoms with Crippen LogP contribution in [0.5, 0.6) is 0 Å². The third-order valence-electron chi connectivity index (χ3n) is 4.19. The summed E-state index contributed by atoms with van der Waals surface area (Å²) in [4.78, 5) is 12.0. The molecule has 0 aromatic heterocycles. The molecule has 0 saturated heterocycles. The Bertz CT molecular complexity index is 440. The highest BCUT2D eigenvalue weighted by atomic mass is 35.5. The molecule has 0 bridgehead atoms. The van der Waals surface area contributed by atoms with E-state index >= 15 is 0 Å². The molecule has 1 atom stereocenters. The molecule has 132 valence electrons. The van der Waals surface area contributed by atoms with Crippen molar-refractivity contribution in [2.75, 3.05) is 19.8 Å². The number of carbonyl (C=O) groups excluding carboxylic acids is 1. The molecule has 23 heavy (non-hydrogen) atoms. The highest BCUT2D eigenvalue weighted by Gasteiger charge is 2.28. The van der Waals surface area contributed by atoms with Gasteiger partial charge in [-0.3, -0.25) is 4.79 Å². The predicted molar refractivity (Wildman–Crippen MR) is 97.9 cm³/mol. The van der Waals surface area contributed by atoms with Gasteiger partial charge in [0.15, 0.2) is 0 Å². The van der Waals surface area contributed by atoms with Gasteiger partial charge in [-0.05, 0) is 31.2 Å². The Morgan fingerprint density at radius 3 is 2.48 bits per heavy atom. The molecule has 0 fully saturated rings. The third-order valence-corrected chi connectivity index (χ3v) is 4.19. The van der Waals surface area contributed by atoms with E-state index < -0.39 is 0 Å². The van der Waals surface area contributed by atoms with E-state index in [1.807, 2.05) is 25.1 Å². The van der Waals surface area contributed by atoms with Crippen LogP contribution in [0.3, 0.4) is 0 Å². The molecule has 1 amide bonds. The second kappa shape index (κ2) is 11.4. The van der Waals surface area contributed by atoms with Gasteiger partial charge in [0.1, 0.15) is 0 Å². The maximum atomic E-state index is 12.0. The third kappa shape index (κ3) is 8.35. The largest absolute Gasteiger partial charge is 0.381 e. The van der Waals surface area contributed by atoms with Crippen molar-refractivity contribution < 1.29 is 9.53 Å². The minimum absolute atomic E-state index is 0. The van der Waals surface area contributed by atoms with Crippen LogP contribution in [0.1, 0.15) is 39.2 Å². The lowest BCUT2D eigenvalue weighted by atomic mass is 9.88. The van der Waals surface area contributed by atoms with Crippen molar-refractivity contribution in [3.05, 3.63) is 35.9 Å². The first kappa shape index (κ1) is 21.9. The predicted octanol–water partition coefficient (Wildman–Crippen LogP) is 2.94. The zero-order valence-corrected chi connectivity index (χ0v) is 15.3. The second-order valence-corrected chi connectivity index (χ2v) is 6.28. The summed E-state index contributed by atoms with van der Waals surface area (Å²) in [6, 6.07) is 10.3. The summed E-state index contributed by atoms with van der Waals surface area (Å²) in [5, 5.41) is 3.04. The molecular formula is C18H31ClN2O2. The first-order valence-electron chi connectivity index (χ1n) is 8.10. The number of nitrogens with one attached hydrogen (secondary N) is 1. The summed E-state index contributed by atoms with van der Waals surface area (Å²) < 4.78 is 5.59. The van der Waals surface area contributed by atoms with Crippen LogP contribution in [0.2, 0.25) is 0 Å². The van der Waals surface area contributed by atoms with Crippen molar-refractivity contribution in [1.29, 1.82) is 0 Å². The number of carbonyl (C=O) groups is 1. The smallest absolute Gasteiger partial charge is 0.220 e. The summed E-state index contributed by atoms with van der Waals surface area (Å²) in [6.45, 7) is 7.88. The van der Waals surface area contributed by atoms with Crippen LogP contribution < -0.4 is 11.1 Å². The van der Waals surface area contributed by atoms with E-state index in [4.69, 9.17) is 10.5 Å². The molecule has 1 aromatic carbocycles. The summed E-state index contributed by atoms with van der Waals surface area (Å²) in [7, 11) is 0. The van der Waals surface area contributed by atoms with Crippen LogP contribution in [-0.4, -0.2) is 31.2 Å². The van der Waals surface area contributed by atoms with Gasteiger partial charge in [0, 0.05) is 19.6 Å². The number of amides is 1. The Labute approximate surface area is 146 Å². The number of hydrogen-bond donors (Lipinski definition) is 2. The highest BCUT2D eigenvalue weighted by Crippen LogP contribution is 2.15. The van der Waals surface area contributed by atoms with Crippen molar-refractivity contribution in [2.24, 2.45) is 11.7 Å². The van der Waals surface area contributed by atoms with Crippen molar-refractivity contribution in [2.45, 2.75) is 45.6 Å². The van der Waals surface area contributed by atoms with E-state index in [2.05, 4.69) is 31.3 Å². The molecule has 0 aliphatic carbocycles. The minimum atomic E-state index is -0.328. The Morgan fingerprint density at radius 2 is 1.91 bits per heavy atom. The number of hydrogen-bond acceptors (Lipinski definition) is 3. The molecular weight excluding hydrogens is 312 g/mol. The lowest BCUT2D eigenvalue weighted by Crippen LogP contribution is -2.55. The molecule has 5 heteroatoms. The molecule has 0 saturated carbocycles. The van der Waals surface area contributed by atoms with E-state index in [1.54, 1.807) is 0 Å². The average Bonchev–Trinajstić information content (AvgIpc) is 2.51. The SMILES string of the molecule is CC(C)C(C)(CN)NC(=O)CCCOCCc1ccccc1.Cl. The number of rotatable bonds is 10. The second-order valence-electron chi connectivity index (χ2n) is 6.28. The molecule has 0 spiro atoms. The highest BCUT2D eigenvalue weighted by molar-refractivity contribution is 5.85. The summed E-state index contributed by atoms with van der Waals surface area (Å²) in [6.07, 6.45) is 2.12. The van der Waals surface area contributed by atoms with Gasteiger partial charge in [-0.15, -0.1) is 12.4 Å². The molecule has 3 N–H and O–H groups in total. The van der Waals surface area contributed by atoms with Gasteiger partial charge in [-0.25, -0.2) is 0 Å². The minimum Gasteiger partial charge on any atom is -0.381 e. The van der Waals surface area contributed by atoms with Crippen LogP contribution in [-0.2, 0) is 16.0 Å². The number of nitrogens with two attached hydrogens (primary N) is 1. The van der Waals surface area contributed by atoms with Gasteiger partial charge < -0.3 is 15.8 Å². The van der Waals surface area contributed by atoms with Crippen molar-refractivity contribution in [3.8, 4) is 0 Å². The topological polar surface area (TPSA) is 64.3 Å². The van der Waals surface area contributed by atoms with Crippen LogP contribution in [0.25, 0.3) is 0 Å². The fraction of sp³-hybridized carbons (Fsp3) is 0.611. The Hall–Kier alpha value is -1.10. The molecule has 1 unspecified atom stereocenters. The molecule has 1 rings (SSSR count). The maximum Gasteiger partial charge on any atom is 0.220 e. The van der Waals surface area contributed by atoms with E-state index in [9.17, 15) is 4.79 Å². The Morgan fingerprint density at radius 1 is 1.26 bits per heavy atom. The standard InChI is InChI=1S/C18H30N2O2.ClH/c1-15(2)18(3,14-19)20-17(21)10-7-12-22-13-11-16-8-5-4-6-9-16;/h4-6,8-9,15H,7,10-14,19H2,1-3H3,(H,20,21);1H. The molecule has 0 radical (unpaired) electrons. The van der Waals surface area contributed by atoms with Gasteiger partial charge in [0.05, 0.1) is 12.1 Å². The quantitative estimate of drug-likeness (QED) is 0.642. The molecule has 0 aliphatic heterocycles. The van der Waals surface area contributed by atoms with Gasteiger partial charge in [-0.1, -0.05) is 44.2 Å². The lowest BCUT2D eigenvalue weighted by Gasteiger charge is -2.33. The average molecular weight is 343 g/mol. The fourth-order valence-corrected chi connectivity index (χ4v) is 2.08. The Balaban J connectivity index is 0.00000484. The van der Waals surface area contributed by atoms with Gasteiger partial charge in [0.25, 0.3) is 0 Å². The van der Waals surface area contributed by atoms with Crippen LogP contribution in [0.4, 0.5) is 0 Å². The van der Waals surface area contributed by atoms with E-state index in [0.29, 0.717) is 32.1 Å². The van der Waals surface area contributed by atoms with Crippen molar-refractivity contribution in [1.82, 2.24) is 5.32 Å². The number of halogens is 1. The summed E-state index contributed by atoms with van der Waals surface area (Å²) in [5.74, 6) is 0.358. The van der Waals surface area contributed by atoms with Crippen LogP contribution in [0.15, 0.2) is 30.3 Å². The fourth-order valence-electron chi connectivity index (χ4n) is 2.08. The van der Waals surface area contributed by atoms with Gasteiger partial charge in [-0.2, -0.15) is 0 Å². The van der Waals surface area contributed by atoms with E-state index in [0.717, 1.165) is 12.8 Å². The Kier molecular flexibility index (Phi) is 10.9. The first-order valence-corrected chi connectivity index (χ1v) is 8.10. The summed E-state index contributed by atoms with van der Waals surface area (Å²) in [5.41, 5.74) is 6.71. The van der Waals surface area contributed by atoms with E-state index in [-0.39, 0.29) is 23.9 Å². The first-order chi connectivity index (χ1) is 10.5. The molecule has 0 aliphatic rings. The van der Waals surface area contributed by atoms with Gasteiger partial charge in [0.2, 0.25) is 5.91 Å². The maximum absolute atomic E-state index is 12.0. The van der Waals surface area contributed by atoms with E-state index in [1.165, 1.54) is 5.56 Å². The monoisotopic (exact) mass is 342 g/mol. The zero-order chi connectivity index (χ0) is 16.4. The number of ether oxygens (including phenoxy) is 1.